The molecule has 0 atom stereocenters. The summed E-state index contributed by atoms with van der Waals surface area (Å²) in [4.78, 5) is 12.0. The number of aryl methyl sites for hydroxylation is 1. The number of anilines is 1. The predicted molar refractivity (Wildman–Crippen MR) is 88.4 cm³/mol. The van der Waals surface area contributed by atoms with Crippen molar-refractivity contribution in [2.45, 2.75) is 51.7 Å². The molecule has 2 heterocycles. The maximum Gasteiger partial charge on any atom is 0.236 e. The molecule has 0 saturated heterocycles. The van der Waals surface area contributed by atoms with Crippen molar-refractivity contribution in [3.63, 3.8) is 0 Å². The van der Waals surface area contributed by atoms with Gasteiger partial charge < -0.3 is 4.57 Å². The van der Waals surface area contributed by atoms with Crippen LogP contribution in [0.25, 0.3) is 0 Å². The van der Waals surface area contributed by atoms with Crippen LogP contribution in [0.1, 0.15) is 44.4 Å². The first-order valence-corrected chi connectivity index (χ1v) is 9.03. The Morgan fingerprint density at radius 3 is 2.64 bits per heavy atom. The summed E-state index contributed by atoms with van der Waals surface area (Å²) in [5.74, 6) is 1.42. The number of amides is 1. The van der Waals surface area contributed by atoms with Crippen molar-refractivity contribution in [2.24, 2.45) is 0 Å². The molecule has 0 aliphatic carbocycles. The quantitative estimate of drug-likeness (QED) is 0.780. The fourth-order valence-electron chi connectivity index (χ4n) is 1.86. The van der Waals surface area contributed by atoms with Gasteiger partial charge in [-0.3, -0.25) is 10.1 Å². The normalized spacial score (nSPS) is 11.1. The van der Waals surface area contributed by atoms with Crippen LogP contribution in [0.2, 0.25) is 0 Å². The van der Waals surface area contributed by atoms with E-state index >= 15 is 0 Å². The second-order valence-electron chi connectivity index (χ2n) is 4.93. The topological polar surface area (TPSA) is 85.6 Å². The molecule has 7 nitrogen and oxygen atoms in total. The summed E-state index contributed by atoms with van der Waals surface area (Å²) in [5, 5.41) is 21.3. The van der Waals surface area contributed by atoms with Gasteiger partial charge in [-0.05, 0) is 13.3 Å². The first-order chi connectivity index (χ1) is 10.5. The highest BCUT2D eigenvalue weighted by Gasteiger charge is 2.15. The monoisotopic (exact) mass is 340 g/mol. The molecule has 9 heteroatoms. The van der Waals surface area contributed by atoms with E-state index in [0.717, 1.165) is 29.0 Å². The molecule has 0 aromatic carbocycles. The van der Waals surface area contributed by atoms with Crippen LogP contribution in [0.4, 0.5) is 5.13 Å². The van der Waals surface area contributed by atoms with Crippen molar-refractivity contribution < 1.29 is 4.79 Å². The average Bonchev–Trinajstić information content (AvgIpc) is 3.10. The van der Waals surface area contributed by atoms with Gasteiger partial charge in [-0.25, -0.2) is 0 Å². The van der Waals surface area contributed by atoms with Crippen molar-refractivity contribution >= 4 is 34.1 Å². The molecule has 0 bridgehead atoms. The molecule has 120 valence electrons. The highest BCUT2D eigenvalue weighted by molar-refractivity contribution is 7.99. The zero-order valence-corrected chi connectivity index (χ0v) is 14.8. The van der Waals surface area contributed by atoms with Gasteiger partial charge in [-0.1, -0.05) is 43.9 Å². The summed E-state index contributed by atoms with van der Waals surface area (Å²) in [7, 11) is 0. The predicted octanol–water partition coefficient (Wildman–Crippen LogP) is 2.57. The summed E-state index contributed by atoms with van der Waals surface area (Å²) in [5.41, 5.74) is 0. The van der Waals surface area contributed by atoms with E-state index < -0.39 is 0 Å². The zero-order chi connectivity index (χ0) is 16.1. The van der Waals surface area contributed by atoms with Gasteiger partial charge in [0.2, 0.25) is 11.0 Å². The minimum atomic E-state index is -0.111. The second-order valence-corrected chi connectivity index (χ2v) is 6.94. The Kier molecular flexibility index (Phi) is 5.90. The molecule has 1 N–H and O–H groups in total. The van der Waals surface area contributed by atoms with Crippen LogP contribution in [0.5, 0.6) is 0 Å². The summed E-state index contributed by atoms with van der Waals surface area (Å²) in [6.45, 7) is 9.01. The third-order valence-electron chi connectivity index (χ3n) is 2.93. The Balaban J connectivity index is 1.93. The molecule has 0 spiro atoms. The van der Waals surface area contributed by atoms with Crippen molar-refractivity contribution in [2.75, 3.05) is 11.1 Å². The van der Waals surface area contributed by atoms with Gasteiger partial charge in [0.05, 0.1) is 5.75 Å². The van der Waals surface area contributed by atoms with Crippen LogP contribution in [-0.4, -0.2) is 36.6 Å². The Bertz CT molecular complexity index is 636. The molecule has 1 amide bonds. The molecule has 22 heavy (non-hydrogen) atoms. The summed E-state index contributed by atoms with van der Waals surface area (Å²) >= 11 is 2.79. The number of carbonyl (C=O) groups is 1. The van der Waals surface area contributed by atoms with Crippen molar-refractivity contribution in [1.82, 2.24) is 25.0 Å². The first-order valence-electron chi connectivity index (χ1n) is 7.23. The lowest BCUT2D eigenvalue weighted by atomic mass is 10.2. The number of aromatic nitrogens is 5. The second kappa shape index (κ2) is 7.68. The summed E-state index contributed by atoms with van der Waals surface area (Å²) < 4.78 is 2.04. The Labute approximate surface area is 137 Å². The lowest BCUT2D eigenvalue weighted by molar-refractivity contribution is -0.113. The zero-order valence-electron chi connectivity index (χ0n) is 13.2. The van der Waals surface area contributed by atoms with Crippen molar-refractivity contribution in [1.29, 1.82) is 0 Å². The van der Waals surface area contributed by atoms with Gasteiger partial charge in [-0.15, -0.1) is 20.4 Å². The Hall–Kier alpha value is -1.48. The van der Waals surface area contributed by atoms with Gasteiger partial charge in [0.25, 0.3) is 0 Å². The third-order valence-corrected chi connectivity index (χ3v) is 4.88. The SMILES string of the molecule is CCc1nnc(NC(=O)CSc2nnc(C(C)C)n2CC)s1. The molecule has 0 saturated carbocycles. The maximum atomic E-state index is 12.0. The highest BCUT2D eigenvalue weighted by atomic mass is 32.2. The van der Waals surface area contributed by atoms with Crippen LogP contribution in [0, 0.1) is 0 Å². The number of hydrogen-bond acceptors (Lipinski definition) is 7. The van der Waals surface area contributed by atoms with E-state index in [1.165, 1.54) is 23.1 Å². The standard InChI is InChI=1S/C13H20N6OS2/c1-5-10-15-17-12(22-10)14-9(20)7-21-13-18-16-11(8(3)4)19(13)6-2/h8H,5-7H2,1-4H3,(H,14,17,20). The molecule has 0 fully saturated rings. The number of hydrogen-bond donors (Lipinski definition) is 1. The lowest BCUT2D eigenvalue weighted by Gasteiger charge is -2.08. The van der Waals surface area contributed by atoms with Gasteiger partial charge >= 0.3 is 0 Å². The number of nitrogens with one attached hydrogen (secondary N) is 1. The molecule has 2 rings (SSSR count). The first kappa shape index (κ1) is 16.9. The molecule has 0 radical (unpaired) electrons. The maximum absolute atomic E-state index is 12.0. The van der Waals surface area contributed by atoms with Crippen LogP contribution in [0.15, 0.2) is 5.16 Å². The van der Waals surface area contributed by atoms with Crippen LogP contribution >= 0.6 is 23.1 Å². The van der Waals surface area contributed by atoms with Gasteiger partial charge in [-0.2, -0.15) is 0 Å². The molecule has 0 aliphatic heterocycles. The molecular weight excluding hydrogens is 320 g/mol. The third kappa shape index (κ3) is 4.04. The van der Waals surface area contributed by atoms with Crippen LogP contribution < -0.4 is 5.32 Å². The fourth-order valence-corrected chi connectivity index (χ4v) is 3.37. The Morgan fingerprint density at radius 2 is 2.05 bits per heavy atom. The van der Waals surface area contributed by atoms with Gasteiger partial charge in [0, 0.05) is 12.5 Å². The molecule has 2 aromatic heterocycles. The molecular formula is C13H20N6OS2. The number of nitrogens with zero attached hydrogens (tertiary/aromatic N) is 5. The minimum Gasteiger partial charge on any atom is -0.306 e. The van der Waals surface area contributed by atoms with Crippen molar-refractivity contribution in [3.05, 3.63) is 10.8 Å². The summed E-state index contributed by atoms with van der Waals surface area (Å²) in [6, 6.07) is 0. The number of rotatable bonds is 7. The van der Waals surface area contributed by atoms with E-state index in [1.807, 2.05) is 18.4 Å². The molecule has 0 aliphatic rings. The number of thioether (sulfide) groups is 1. The smallest absolute Gasteiger partial charge is 0.236 e. The fraction of sp³-hybridized carbons (Fsp3) is 0.615. The van der Waals surface area contributed by atoms with Crippen molar-refractivity contribution in [3.8, 4) is 0 Å². The van der Waals surface area contributed by atoms with E-state index in [9.17, 15) is 4.79 Å². The average molecular weight is 340 g/mol. The molecule has 0 unspecified atom stereocenters. The highest BCUT2D eigenvalue weighted by Crippen LogP contribution is 2.22. The van der Waals surface area contributed by atoms with Crippen LogP contribution in [0.3, 0.4) is 0 Å². The van der Waals surface area contributed by atoms with E-state index in [4.69, 9.17) is 0 Å². The van der Waals surface area contributed by atoms with E-state index in [-0.39, 0.29) is 11.7 Å². The molecule has 2 aromatic rings. The lowest BCUT2D eigenvalue weighted by Crippen LogP contribution is -2.14. The summed E-state index contributed by atoms with van der Waals surface area (Å²) in [6.07, 6.45) is 0.819. The van der Waals surface area contributed by atoms with Crippen LogP contribution in [-0.2, 0) is 17.8 Å². The van der Waals surface area contributed by atoms with Gasteiger partial charge in [0.1, 0.15) is 10.8 Å². The van der Waals surface area contributed by atoms with Gasteiger partial charge in [0.15, 0.2) is 5.16 Å². The van der Waals surface area contributed by atoms with E-state index in [0.29, 0.717) is 11.0 Å². The number of carbonyl (C=O) groups excluding carboxylic acids is 1. The van der Waals surface area contributed by atoms with E-state index in [2.05, 4.69) is 39.6 Å². The Morgan fingerprint density at radius 1 is 1.27 bits per heavy atom. The largest absolute Gasteiger partial charge is 0.306 e. The van der Waals surface area contributed by atoms with E-state index in [1.54, 1.807) is 0 Å². The minimum absolute atomic E-state index is 0.111.